The Balaban J connectivity index is 1.70. The van der Waals surface area contributed by atoms with Crippen LogP contribution in [0.15, 0.2) is 50.9 Å². The second-order valence-corrected chi connectivity index (χ2v) is 9.37. The van der Waals surface area contributed by atoms with Crippen LogP contribution in [0.1, 0.15) is 18.1 Å². The van der Waals surface area contributed by atoms with Gasteiger partial charge < -0.3 is 9.73 Å². The van der Waals surface area contributed by atoms with Crippen molar-refractivity contribution >= 4 is 44.3 Å². The summed E-state index contributed by atoms with van der Waals surface area (Å²) in [5.74, 6) is 0.00168. The molecule has 3 aromatic rings. The van der Waals surface area contributed by atoms with E-state index in [0.29, 0.717) is 16.3 Å². The fourth-order valence-corrected chi connectivity index (χ4v) is 4.03. The van der Waals surface area contributed by atoms with Gasteiger partial charge in [0.15, 0.2) is 15.4 Å². The molecule has 3 rings (SSSR count). The first-order chi connectivity index (χ1) is 12.8. The minimum atomic E-state index is -3.30. The lowest BCUT2D eigenvalue weighted by Gasteiger charge is -2.08. The minimum absolute atomic E-state index is 0.0243. The molecule has 0 fully saturated rings. The monoisotopic (exact) mass is 404 g/mol. The molecule has 1 amide bonds. The van der Waals surface area contributed by atoms with Gasteiger partial charge in [-0.2, -0.15) is 0 Å². The molecule has 1 N–H and O–H groups in total. The van der Waals surface area contributed by atoms with Gasteiger partial charge >= 0.3 is 0 Å². The van der Waals surface area contributed by atoms with Crippen LogP contribution in [0.2, 0.25) is 0 Å². The van der Waals surface area contributed by atoms with Crippen molar-refractivity contribution in [2.75, 3.05) is 16.8 Å². The molecule has 0 aliphatic carbocycles. The van der Waals surface area contributed by atoms with Crippen molar-refractivity contribution in [1.29, 1.82) is 0 Å². The van der Waals surface area contributed by atoms with Crippen molar-refractivity contribution in [2.24, 2.45) is 0 Å². The number of fused-ring (bicyclic) bond motifs is 1. The first-order valence-electron chi connectivity index (χ1n) is 8.42. The van der Waals surface area contributed by atoms with Gasteiger partial charge in [-0.05, 0) is 49.2 Å². The summed E-state index contributed by atoms with van der Waals surface area (Å²) in [5, 5.41) is 3.21. The van der Waals surface area contributed by atoms with Crippen LogP contribution in [0.4, 0.5) is 5.69 Å². The molecule has 0 atom stereocenters. The number of nitrogens with one attached hydrogen (secondary N) is 1. The van der Waals surface area contributed by atoms with Gasteiger partial charge in [0.05, 0.1) is 16.4 Å². The Morgan fingerprint density at radius 3 is 2.70 bits per heavy atom. The van der Waals surface area contributed by atoms with Crippen LogP contribution in [-0.4, -0.2) is 30.8 Å². The Kier molecular flexibility index (Phi) is 5.57. The summed E-state index contributed by atoms with van der Waals surface area (Å²) in [4.78, 5) is 16.7. The summed E-state index contributed by atoms with van der Waals surface area (Å²) < 4.78 is 29.5. The molecule has 8 heteroatoms. The van der Waals surface area contributed by atoms with Gasteiger partial charge in [-0.1, -0.05) is 30.8 Å². The molecule has 142 valence electrons. The summed E-state index contributed by atoms with van der Waals surface area (Å²) >= 11 is 1.16. The lowest BCUT2D eigenvalue weighted by atomic mass is 10.1. The predicted octanol–water partition coefficient (Wildman–Crippen LogP) is 3.97. The van der Waals surface area contributed by atoms with Crippen LogP contribution in [0.3, 0.4) is 0 Å². The standard InChI is InChI=1S/C19H20N2O4S2/c1-4-27(23,24)14-7-8-17-16(10-14)21-19(25-17)26-11-18(22)20-15-9-12(2)5-6-13(15)3/h5-10H,4,11H2,1-3H3,(H,20,22). The topological polar surface area (TPSA) is 89.3 Å². The van der Waals surface area contributed by atoms with Gasteiger partial charge in [0.1, 0.15) is 5.52 Å². The molecule has 1 heterocycles. The number of aromatic nitrogens is 1. The molecule has 0 unspecified atom stereocenters. The Morgan fingerprint density at radius 2 is 1.96 bits per heavy atom. The third-order valence-electron chi connectivity index (χ3n) is 4.07. The number of oxazole rings is 1. The highest BCUT2D eigenvalue weighted by Crippen LogP contribution is 2.26. The van der Waals surface area contributed by atoms with E-state index in [1.807, 2.05) is 32.0 Å². The van der Waals surface area contributed by atoms with Crippen molar-refractivity contribution in [3.63, 3.8) is 0 Å². The number of carbonyl (C=O) groups excluding carboxylic acids is 1. The second kappa shape index (κ2) is 7.74. The first kappa shape index (κ1) is 19.4. The maximum Gasteiger partial charge on any atom is 0.257 e. The third kappa shape index (κ3) is 4.51. The van der Waals surface area contributed by atoms with Crippen LogP contribution < -0.4 is 5.32 Å². The SMILES string of the molecule is CCS(=O)(=O)c1ccc2oc(SCC(=O)Nc3cc(C)ccc3C)nc2c1. The number of carbonyl (C=O) groups is 1. The summed E-state index contributed by atoms with van der Waals surface area (Å²) in [6, 6.07) is 10.5. The van der Waals surface area contributed by atoms with Gasteiger partial charge in [-0.3, -0.25) is 4.79 Å². The van der Waals surface area contributed by atoms with Crippen molar-refractivity contribution in [3.8, 4) is 0 Å². The number of aryl methyl sites for hydroxylation is 2. The fraction of sp³-hybridized carbons (Fsp3) is 0.263. The summed E-state index contributed by atoms with van der Waals surface area (Å²) in [5.41, 5.74) is 3.79. The van der Waals surface area contributed by atoms with Crippen molar-refractivity contribution in [2.45, 2.75) is 30.9 Å². The van der Waals surface area contributed by atoms with Gasteiger partial charge in [0.25, 0.3) is 5.22 Å². The molecule has 2 aromatic carbocycles. The lowest BCUT2D eigenvalue weighted by molar-refractivity contribution is -0.113. The summed E-state index contributed by atoms with van der Waals surface area (Å²) in [6.07, 6.45) is 0. The van der Waals surface area contributed by atoms with E-state index in [-0.39, 0.29) is 22.3 Å². The zero-order valence-electron chi connectivity index (χ0n) is 15.3. The van der Waals surface area contributed by atoms with E-state index in [1.54, 1.807) is 13.0 Å². The number of hydrogen-bond acceptors (Lipinski definition) is 6. The van der Waals surface area contributed by atoms with Gasteiger partial charge in [-0.25, -0.2) is 13.4 Å². The second-order valence-electron chi connectivity index (χ2n) is 6.17. The molecule has 1 aromatic heterocycles. The highest BCUT2D eigenvalue weighted by molar-refractivity contribution is 7.99. The van der Waals surface area contributed by atoms with Crippen LogP contribution in [0.25, 0.3) is 11.1 Å². The van der Waals surface area contributed by atoms with Crippen molar-refractivity contribution in [1.82, 2.24) is 4.98 Å². The number of nitrogens with zero attached hydrogens (tertiary/aromatic N) is 1. The number of amides is 1. The largest absolute Gasteiger partial charge is 0.431 e. The lowest BCUT2D eigenvalue weighted by Crippen LogP contribution is -2.14. The number of rotatable bonds is 6. The number of thioether (sulfide) groups is 1. The fourth-order valence-electron chi connectivity index (χ4n) is 2.49. The zero-order chi connectivity index (χ0) is 19.6. The van der Waals surface area contributed by atoms with E-state index in [9.17, 15) is 13.2 Å². The van der Waals surface area contributed by atoms with Gasteiger partial charge in [-0.15, -0.1) is 0 Å². The Morgan fingerprint density at radius 1 is 1.19 bits per heavy atom. The summed E-state index contributed by atoms with van der Waals surface area (Å²) in [7, 11) is -3.30. The average Bonchev–Trinajstić information content (AvgIpc) is 3.05. The highest BCUT2D eigenvalue weighted by atomic mass is 32.2. The molecule has 0 saturated heterocycles. The molecule has 0 saturated carbocycles. The van der Waals surface area contributed by atoms with E-state index >= 15 is 0 Å². The molecular weight excluding hydrogens is 384 g/mol. The number of hydrogen-bond donors (Lipinski definition) is 1. The Hall–Kier alpha value is -2.32. The van der Waals surface area contributed by atoms with E-state index in [4.69, 9.17) is 4.42 Å². The normalized spacial score (nSPS) is 11.7. The number of benzene rings is 2. The van der Waals surface area contributed by atoms with Gasteiger partial charge in [0.2, 0.25) is 5.91 Å². The van der Waals surface area contributed by atoms with Gasteiger partial charge in [0, 0.05) is 5.69 Å². The minimum Gasteiger partial charge on any atom is -0.431 e. The molecule has 0 radical (unpaired) electrons. The number of anilines is 1. The molecular formula is C19H20N2O4S2. The molecule has 6 nitrogen and oxygen atoms in total. The average molecular weight is 405 g/mol. The molecule has 27 heavy (non-hydrogen) atoms. The first-order valence-corrected chi connectivity index (χ1v) is 11.1. The summed E-state index contributed by atoms with van der Waals surface area (Å²) in [6.45, 7) is 5.50. The highest BCUT2D eigenvalue weighted by Gasteiger charge is 2.15. The van der Waals surface area contributed by atoms with E-state index in [1.165, 1.54) is 12.1 Å². The van der Waals surface area contributed by atoms with Crippen molar-refractivity contribution < 1.29 is 17.6 Å². The molecule has 0 spiro atoms. The Bertz CT molecular complexity index is 1100. The van der Waals surface area contributed by atoms with Crippen LogP contribution >= 0.6 is 11.8 Å². The smallest absolute Gasteiger partial charge is 0.257 e. The van der Waals surface area contributed by atoms with Crippen molar-refractivity contribution in [3.05, 3.63) is 47.5 Å². The van der Waals surface area contributed by atoms with E-state index in [2.05, 4.69) is 10.3 Å². The predicted molar refractivity (Wildman–Crippen MR) is 107 cm³/mol. The third-order valence-corrected chi connectivity index (χ3v) is 6.63. The van der Waals surface area contributed by atoms with E-state index < -0.39 is 9.84 Å². The Labute approximate surface area is 162 Å². The molecule has 0 bridgehead atoms. The van der Waals surface area contributed by atoms with Crippen LogP contribution in [0.5, 0.6) is 0 Å². The molecule has 0 aliphatic rings. The maximum absolute atomic E-state index is 12.2. The van der Waals surface area contributed by atoms with Crippen LogP contribution in [0, 0.1) is 13.8 Å². The maximum atomic E-state index is 12.2. The quantitative estimate of drug-likeness (QED) is 0.625. The molecule has 0 aliphatic heterocycles. The van der Waals surface area contributed by atoms with Crippen LogP contribution in [-0.2, 0) is 14.6 Å². The zero-order valence-corrected chi connectivity index (χ0v) is 16.9. The van der Waals surface area contributed by atoms with E-state index in [0.717, 1.165) is 28.6 Å². The number of sulfone groups is 1.